The summed E-state index contributed by atoms with van der Waals surface area (Å²) in [6.07, 6.45) is -4.19. The molecule has 0 unspecified atom stereocenters. The molecule has 0 fully saturated rings. The van der Waals surface area contributed by atoms with E-state index in [2.05, 4.69) is 9.97 Å². The summed E-state index contributed by atoms with van der Waals surface area (Å²) in [6.45, 7) is 0. The number of Topliss-reactive ketones (excluding diaryl/α,β-unsaturated/α-hetero) is 1. The molecule has 0 saturated heterocycles. The van der Waals surface area contributed by atoms with Gasteiger partial charge in [-0.05, 0) is 12.1 Å². The molecule has 0 spiro atoms. The van der Waals surface area contributed by atoms with E-state index in [1.807, 2.05) is 0 Å². The smallest absolute Gasteiger partial charge is 0.335 e. The van der Waals surface area contributed by atoms with Gasteiger partial charge in [0.1, 0.15) is 17.3 Å². The third-order valence-electron chi connectivity index (χ3n) is 2.18. The number of nitrogens with zero attached hydrogens (tertiary/aromatic N) is 1. The predicted octanol–water partition coefficient (Wildman–Crippen LogP) is 2.96. The van der Waals surface area contributed by atoms with E-state index in [0.717, 1.165) is 12.3 Å². The first-order chi connectivity index (χ1) is 8.38. The zero-order valence-electron chi connectivity index (χ0n) is 8.75. The van der Waals surface area contributed by atoms with Crippen molar-refractivity contribution in [3.63, 3.8) is 0 Å². The van der Waals surface area contributed by atoms with E-state index < -0.39 is 23.5 Å². The van der Waals surface area contributed by atoms with Crippen molar-refractivity contribution in [3.8, 4) is 11.4 Å². The number of hydrogen-bond acceptors (Lipinski definition) is 2. The van der Waals surface area contributed by atoms with Crippen LogP contribution < -0.4 is 0 Å². The Kier molecular flexibility index (Phi) is 2.90. The molecule has 2 rings (SSSR count). The van der Waals surface area contributed by atoms with E-state index in [1.165, 1.54) is 18.2 Å². The van der Waals surface area contributed by atoms with Gasteiger partial charge >= 0.3 is 6.18 Å². The topological polar surface area (TPSA) is 45.8 Å². The second kappa shape index (κ2) is 4.25. The van der Waals surface area contributed by atoms with Gasteiger partial charge in [-0.25, -0.2) is 9.37 Å². The maximum Gasteiger partial charge on any atom is 0.456 e. The quantitative estimate of drug-likeness (QED) is 0.664. The third-order valence-corrected chi connectivity index (χ3v) is 2.18. The summed E-state index contributed by atoms with van der Waals surface area (Å²) in [5.74, 6) is -2.56. The molecule has 1 heterocycles. The molecular weight excluding hydrogens is 252 g/mol. The van der Waals surface area contributed by atoms with Gasteiger partial charge in [-0.1, -0.05) is 12.1 Å². The minimum absolute atomic E-state index is 0.00194. The zero-order chi connectivity index (χ0) is 13.3. The highest BCUT2D eigenvalue weighted by Crippen LogP contribution is 2.22. The van der Waals surface area contributed by atoms with Gasteiger partial charge in [0, 0.05) is 5.56 Å². The number of halogens is 4. The van der Waals surface area contributed by atoms with Crippen molar-refractivity contribution in [1.29, 1.82) is 0 Å². The SMILES string of the molecule is O=C(c1cnc(-c2cccc(F)c2)[nH]1)C(F)(F)F. The average Bonchev–Trinajstić information content (AvgIpc) is 2.75. The van der Waals surface area contributed by atoms with Gasteiger partial charge in [0.15, 0.2) is 0 Å². The van der Waals surface area contributed by atoms with Crippen molar-refractivity contribution < 1.29 is 22.4 Å². The molecule has 2 aromatic rings. The van der Waals surface area contributed by atoms with Crippen LogP contribution in [-0.2, 0) is 0 Å². The van der Waals surface area contributed by atoms with Crippen molar-refractivity contribution in [2.45, 2.75) is 6.18 Å². The number of carbonyl (C=O) groups is 1. The summed E-state index contributed by atoms with van der Waals surface area (Å²) in [4.78, 5) is 16.7. The average molecular weight is 258 g/mol. The second-order valence-corrected chi connectivity index (χ2v) is 3.48. The third kappa shape index (κ3) is 2.39. The summed E-state index contributed by atoms with van der Waals surface area (Å²) < 4.78 is 49.4. The van der Waals surface area contributed by atoms with Crippen LogP contribution in [0.15, 0.2) is 30.5 Å². The second-order valence-electron chi connectivity index (χ2n) is 3.48. The molecule has 7 heteroatoms. The summed E-state index contributed by atoms with van der Waals surface area (Å²) in [7, 11) is 0. The molecule has 0 saturated carbocycles. The highest BCUT2D eigenvalue weighted by molar-refractivity contribution is 5.98. The Balaban J connectivity index is 2.34. The molecule has 3 nitrogen and oxygen atoms in total. The Morgan fingerprint density at radius 3 is 2.61 bits per heavy atom. The van der Waals surface area contributed by atoms with E-state index in [4.69, 9.17) is 0 Å². The fourth-order valence-electron chi connectivity index (χ4n) is 1.37. The number of H-pyrrole nitrogens is 1. The Morgan fingerprint density at radius 1 is 1.28 bits per heavy atom. The molecule has 94 valence electrons. The van der Waals surface area contributed by atoms with Crippen LogP contribution in [0, 0.1) is 5.82 Å². The zero-order valence-corrected chi connectivity index (χ0v) is 8.75. The van der Waals surface area contributed by atoms with Crippen LogP contribution in [0.1, 0.15) is 10.5 Å². The van der Waals surface area contributed by atoms with Crippen LogP contribution in [0.2, 0.25) is 0 Å². The molecule has 0 aliphatic rings. The van der Waals surface area contributed by atoms with Gasteiger partial charge in [0.25, 0.3) is 5.78 Å². The minimum atomic E-state index is -4.97. The molecule has 0 aliphatic carbocycles. The number of benzene rings is 1. The van der Waals surface area contributed by atoms with Crippen LogP contribution in [-0.4, -0.2) is 21.9 Å². The number of rotatable bonds is 2. The number of alkyl halides is 3. The standard InChI is InChI=1S/C11H6F4N2O/c12-7-3-1-2-6(4-7)10-16-5-8(17-10)9(18)11(13,14)15/h1-5H,(H,16,17). The van der Waals surface area contributed by atoms with Crippen molar-refractivity contribution in [1.82, 2.24) is 9.97 Å². The lowest BCUT2D eigenvalue weighted by Gasteiger charge is -2.01. The molecule has 1 N–H and O–H groups in total. The maximum absolute atomic E-state index is 12.9. The van der Waals surface area contributed by atoms with Gasteiger partial charge in [0.05, 0.1) is 6.20 Å². The highest BCUT2D eigenvalue weighted by Gasteiger charge is 2.40. The number of nitrogens with one attached hydrogen (secondary N) is 1. The van der Waals surface area contributed by atoms with E-state index in [-0.39, 0.29) is 11.4 Å². The fraction of sp³-hybridized carbons (Fsp3) is 0.0909. The molecule has 1 aromatic heterocycles. The molecule has 0 bridgehead atoms. The first kappa shape index (κ1) is 12.3. The van der Waals surface area contributed by atoms with Crippen molar-refractivity contribution in [2.75, 3.05) is 0 Å². The number of aromatic nitrogens is 2. The number of aromatic amines is 1. The van der Waals surface area contributed by atoms with Crippen LogP contribution >= 0.6 is 0 Å². The number of ketones is 1. The normalized spacial score (nSPS) is 11.6. The summed E-state index contributed by atoms with van der Waals surface area (Å²) in [6, 6.07) is 5.14. The molecule has 0 amide bonds. The largest absolute Gasteiger partial charge is 0.456 e. The molecular formula is C11H6F4N2O. The lowest BCUT2D eigenvalue weighted by Crippen LogP contribution is -2.22. The first-order valence-electron chi connectivity index (χ1n) is 4.80. The Hall–Kier alpha value is -2.18. The minimum Gasteiger partial charge on any atom is -0.335 e. The fourth-order valence-corrected chi connectivity index (χ4v) is 1.37. The van der Waals surface area contributed by atoms with Gasteiger partial charge < -0.3 is 4.98 Å². The van der Waals surface area contributed by atoms with Gasteiger partial charge in [-0.3, -0.25) is 4.79 Å². The van der Waals surface area contributed by atoms with E-state index in [1.54, 1.807) is 0 Å². The Labute approximate surface area is 98.5 Å². The van der Waals surface area contributed by atoms with Gasteiger partial charge in [-0.2, -0.15) is 13.2 Å². The predicted molar refractivity (Wildman–Crippen MR) is 54.4 cm³/mol. The summed E-state index contributed by atoms with van der Waals surface area (Å²) >= 11 is 0. The Morgan fingerprint density at radius 2 is 2.00 bits per heavy atom. The molecule has 0 radical (unpaired) electrons. The monoisotopic (exact) mass is 258 g/mol. The first-order valence-corrected chi connectivity index (χ1v) is 4.80. The van der Waals surface area contributed by atoms with E-state index in [0.29, 0.717) is 0 Å². The molecule has 0 atom stereocenters. The summed E-state index contributed by atoms with van der Waals surface area (Å²) in [5.41, 5.74) is -0.419. The highest BCUT2D eigenvalue weighted by atomic mass is 19.4. The van der Waals surface area contributed by atoms with Crippen LogP contribution in [0.5, 0.6) is 0 Å². The lowest BCUT2D eigenvalue weighted by atomic mass is 10.2. The number of imidazole rings is 1. The number of carbonyl (C=O) groups excluding carboxylic acids is 1. The Bertz CT molecular complexity index is 589. The molecule has 1 aromatic carbocycles. The van der Waals surface area contributed by atoms with Crippen molar-refractivity contribution in [2.24, 2.45) is 0 Å². The maximum atomic E-state index is 12.9. The number of hydrogen-bond donors (Lipinski definition) is 1. The van der Waals surface area contributed by atoms with Crippen LogP contribution in [0.3, 0.4) is 0 Å². The molecule has 18 heavy (non-hydrogen) atoms. The van der Waals surface area contributed by atoms with E-state index in [9.17, 15) is 22.4 Å². The molecule has 0 aliphatic heterocycles. The van der Waals surface area contributed by atoms with E-state index >= 15 is 0 Å². The lowest BCUT2D eigenvalue weighted by molar-refractivity contribution is -0.0888. The summed E-state index contributed by atoms with van der Waals surface area (Å²) in [5, 5.41) is 0. The van der Waals surface area contributed by atoms with Crippen LogP contribution in [0.4, 0.5) is 17.6 Å². The van der Waals surface area contributed by atoms with Gasteiger partial charge in [-0.15, -0.1) is 0 Å². The van der Waals surface area contributed by atoms with Crippen molar-refractivity contribution >= 4 is 5.78 Å². The van der Waals surface area contributed by atoms with Crippen LogP contribution in [0.25, 0.3) is 11.4 Å². The van der Waals surface area contributed by atoms with Crippen molar-refractivity contribution in [3.05, 3.63) is 42.0 Å². The van der Waals surface area contributed by atoms with Gasteiger partial charge in [0.2, 0.25) is 0 Å².